The van der Waals surface area contributed by atoms with Crippen LogP contribution >= 0.6 is 11.3 Å². The highest BCUT2D eigenvalue weighted by molar-refractivity contribution is 7.20. The Morgan fingerprint density at radius 3 is 2.61 bits per heavy atom. The molecule has 2 aliphatic heterocycles. The predicted octanol–water partition coefficient (Wildman–Crippen LogP) is 3.36. The Balaban J connectivity index is 1.48. The normalized spacial score (nSPS) is 20.5. The molecule has 2 saturated heterocycles. The molecule has 3 aromatic heterocycles. The monoisotopic (exact) mass is 435 g/mol. The van der Waals surface area contributed by atoms with Crippen LogP contribution in [-0.4, -0.2) is 52.8 Å². The quantitative estimate of drug-likeness (QED) is 0.512. The van der Waals surface area contributed by atoms with Crippen LogP contribution in [-0.2, 0) is 0 Å². The van der Waals surface area contributed by atoms with Gasteiger partial charge in [0.05, 0.1) is 0 Å². The number of imidazole rings is 1. The first kappa shape index (κ1) is 18.7. The van der Waals surface area contributed by atoms with E-state index >= 15 is 0 Å². The van der Waals surface area contributed by atoms with Gasteiger partial charge in [0.25, 0.3) is 0 Å². The number of halogens is 1. The van der Waals surface area contributed by atoms with Gasteiger partial charge in [-0.15, -0.1) is 5.10 Å². The van der Waals surface area contributed by atoms with Crippen LogP contribution in [0.5, 0.6) is 0 Å². The van der Waals surface area contributed by atoms with E-state index < -0.39 is 0 Å². The molecule has 5 heterocycles. The lowest BCUT2D eigenvalue weighted by atomic mass is 10.0. The van der Waals surface area contributed by atoms with Crippen LogP contribution in [0.25, 0.3) is 27.5 Å². The molecular formula is C22H22FN7S. The van der Waals surface area contributed by atoms with E-state index in [2.05, 4.69) is 20.5 Å². The van der Waals surface area contributed by atoms with Crippen LogP contribution in [0.2, 0.25) is 0 Å². The maximum Gasteiger partial charge on any atom is 0.215 e. The number of fused-ring (bicyclic) bond motifs is 2. The lowest BCUT2D eigenvalue weighted by Crippen LogP contribution is -2.25. The average Bonchev–Trinajstić information content (AvgIpc) is 3.53. The van der Waals surface area contributed by atoms with E-state index in [4.69, 9.17) is 10.1 Å². The molecule has 4 aromatic rings. The zero-order valence-corrected chi connectivity index (χ0v) is 17.9. The largest absolute Gasteiger partial charge is 0.373 e. The number of hydrogen-bond acceptors (Lipinski definition) is 7. The van der Waals surface area contributed by atoms with Gasteiger partial charge in [-0.2, -0.15) is 0 Å². The van der Waals surface area contributed by atoms with E-state index in [1.807, 2.05) is 23.7 Å². The third-order valence-electron chi connectivity index (χ3n) is 6.26. The molecule has 2 atom stereocenters. The lowest BCUT2D eigenvalue weighted by Gasteiger charge is -2.15. The van der Waals surface area contributed by atoms with E-state index in [9.17, 15) is 4.39 Å². The van der Waals surface area contributed by atoms with Gasteiger partial charge in [0.1, 0.15) is 23.0 Å². The van der Waals surface area contributed by atoms with E-state index in [-0.39, 0.29) is 5.82 Å². The second-order valence-corrected chi connectivity index (χ2v) is 9.09. The van der Waals surface area contributed by atoms with Gasteiger partial charge in [0.2, 0.25) is 10.1 Å². The average molecular weight is 436 g/mol. The van der Waals surface area contributed by atoms with Crippen molar-refractivity contribution in [2.24, 2.45) is 11.8 Å². The Morgan fingerprint density at radius 2 is 1.87 bits per heavy atom. The number of pyridine rings is 1. The van der Waals surface area contributed by atoms with Crippen LogP contribution < -0.4 is 15.5 Å². The highest BCUT2D eigenvalue weighted by Gasteiger charge is 2.37. The molecule has 0 unspecified atom stereocenters. The molecule has 0 bridgehead atoms. The summed E-state index contributed by atoms with van der Waals surface area (Å²) in [6, 6.07) is 10.4. The molecule has 0 saturated carbocycles. The standard InChI is InChI=1S/C22H22FN7S/c1-24-18-8-14(6-7-26-18)20-19(13-2-4-17(23)5-3-13)27-21-30(20)28-22(31-21)29-11-15-9-25-10-16(15)12-29/h2-8,15-16,25H,9-12H2,1H3,(H,24,26)/t15-,16+. The highest BCUT2D eigenvalue weighted by Crippen LogP contribution is 2.38. The van der Waals surface area contributed by atoms with Crippen molar-refractivity contribution in [2.45, 2.75) is 0 Å². The summed E-state index contributed by atoms with van der Waals surface area (Å²) >= 11 is 1.61. The van der Waals surface area contributed by atoms with Crippen molar-refractivity contribution in [3.63, 3.8) is 0 Å². The SMILES string of the molecule is CNc1cc(-c2c(-c3ccc(F)cc3)nc3sc(N4C[C@H]5CNC[C@H]5C4)nn23)ccn1. The Hall–Kier alpha value is -3.04. The topological polar surface area (TPSA) is 70.4 Å². The fraction of sp³-hybridized carbons (Fsp3) is 0.318. The molecule has 31 heavy (non-hydrogen) atoms. The van der Waals surface area contributed by atoms with Crippen LogP contribution in [0.15, 0.2) is 42.6 Å². The van der Waals surface area contributed by atoms with Crippen LogP contribution in [0.3, 0.4) is 0 Å². The fourth-order valence-corrected chi connectivity index (χ4v) is 5.58. The molecule has 0 amide bonds. The number of benzene rings is 1. The molecule has 2 N–H and O–H groups in total. The molecule has 2 aliphatic rings. The molecule has 0 spiro atoms. The van der Waals surface area contributed by atoms with Crippen molar-refractivity contribution in [2.75, 3.05) is 43.4 Å². The van der Waals surface area contributed by atoms with E-state index in [1.165, 1.54) is 12.1 Å². The zero-order chi connectivity index (χ0) is 20.9. The molecule has 2 fully saturated rings. The minimum absolute atomic E-state index is 0.262. The summed E-state index contributed by atoms with van der Waals surface area (Å²) in [5.74, 6) is 1.91. The molecular weight excluding hydrogens is 413 g/mol. The van der Waals surface area contributed by atoms with Gasteiger partial charge >= 0.3 is 0 Å². The number of nitrogens with one attached hydrogen (secondary N) is 2. The summed E-state index contributed by atoms with van der Waals surface area (Å²) in [6.45, 7) is 4.25. The van der Waals surface area contributed by atoms with Crippen LogP contribution in [0.4, 0.5) is 15.3 Å². The third-order valence-corrected chi connectivity index (χ3v) is 7.23. The molecule has 7 nitrogen and oxygen atoms in total. The van der Waals surface area contributed by atoms with Crippen molar-refractivity contribution in [1.82, 2.24) is 24.9 Å². The lowest BCUT2D eigenvalue weighted by molar-refractivity contribution is 0.533. The maximum atomic E-state index is 13.5. The first-order valence-corrected chi connectivity index (χ1v) is 11.3. The summed E-state index contributed by atoms with van der Waals surface area (Å²) in [7, 11) is 1.85. The molecule has 6 rings (SSSR count). The first-order chi connectivity index (χ1) is 15.2. The van der Waals surface area contributed by atoms with Gasteiger partial charge in [0.15, 0.2) is 0 Å². The second-order valence-electron chi connectivity index (χ2n) is 8.16. The van der Waals surface area contributed by atoms with Crippen molar-refractivity contribution >= 4 is 27.2 Å². The molecule has 0 radical (unpaired) electrons. The van der Waals surface area contributed by atoms with Crippen LogP contribution in [0.1, 0.15) is 0 Å². The third kappa shape index (κ3) is 3.16. The van der Waals surface area contributed by atoms with Gasteiger partial charge < -0.3 is 15.5 Å². The van der Waals surface area contributed by atoms with Gasteiger partial charge in [-0.1, -0.05) is 11.3 Å². The van der Waals surface area contributed by atoms with Gasteiger partial charge in [-0.3, -0.25) is 0 Å². The van der Waals surface area contributed by atoms with Crippen molar-refractivity contribution in [3.05, 3.63) is 48.4 Å². The Bertz CT molecular complexity index is 1240. The molecule has 158 valence electrons. The Kier molecular flexibility index (Phi) is 4.39. The summed E-state index contributed by atoms with van der Waals surface area (Å²) in [5.41, 5.74) is 3.51. The summed E-state index contributed by atoms with van der Waals surface area (Å²) in [4.78, 5) is 12.5. The van der Waals surface area contributed by atoms with Gasteiger partial charge in [-0.05, 0) is 48.2 Å². The smallest absolute Gasteiger partial charge is 0.215 e. The van der Waals surface area contributed by atoms with Gasteiger partial charge in [-0.25, -0.2) is 18.9 Å². The Morgan fingerprint density at radius 1 is 1.10 bits per heavy atom. The number of hydrogen-bond donors (Lipinski definition) is 2. The fourth-order valence-electron chi connectivity index (χ4n) is 4.66. The summed E-state index contributed by atoms with van der Waals surface area (Å²) < 4.78 is 15.5. The minimum Gasteiger partial charge on any atom is -0.373 e. The molecule has 1 aromatic carbocycles. The summed E-state index contributed by atoms with van der Waals surface area (Å²) in [6.07, 6.45) is 1.77. The predicted molar refractivity (Wildman–Crippen MR) is 121 cm³/mol. The van der Waals surface area contributed by atoms with Crippen molar-refractivity contribution in [1.29, 1.82) is 0 Å². The zero-order valence-electron chi connectivity index (χ0n) is 17.0. The van der Waals surface area contributed by atoms with Crippen LogP contribution in [0, 0.1) is 17.7 Å². The van der Waals surface area contributed by atoms with Crippen molar-refractivity contribution < 1.29 is 4.39 Å². The number of anilines is 2. The van der Waals surface area contributed by atoms with Crippen molar-refractivity contribution in [3.8, 4) is 22.5 Å². The minimum atomic E-state index is -0.262. The number of aromatic nitrogens is 4. The van der Waals surface area contributed by atoms with E-state index in [1.54, 1.807) is 29.7 Å². The number of nitrogens with zero attached hydrogens (tertiary/aromatic N) is 5. The highest BCUT2D eigenvalue weighted by atomic mass is 32.1. The van der Waals surface area contributed by atoms with E-state index in [0.717, 1.165) is 64.6 Å². The molecule has 9 heteroatoms. The number of rotatable bonds is 4. The first-order valence-electron chi connectivity index (χ1n) is 10.4. The second kappa shape index (κ2) is 7.28. The Labute approximate surface area is 182 Å². The van der Waals surface area contributed by atoms with E-state index in [0.29, 0.717) is 11.8 Å². The summed E-state index contributed by atoms with van der Waals surface area (Å²) in [5, 5.41) is 12.6. The van der Waals surface area contributed by atoms with Gasteiger partial charge in [0, 0.05) is 50.6 Å². The maximum absolute atomic E-state index is 13.5. The molecule has 0 aliphatic carbocycles.